The Balaban J connectivity index is 2.67. The smallest absolute Gasteiger partial charge is 0.210 e. The Morgan fingerprint density at radius 3 is 2.47 bits per heavy atom. The van der Waals surface area contributed by atoms with Crippen LogP contribution < -0.4 is 21.3 Å². The monoisotopic (exact) mass is 236 g/mol. The highest BCUT2D eigenvalue weighted by Gasteiger charge is 1.99. The van der Waals surface area contributed by atoms with Crippen molar-refractivity contribution in [1.82, 2.24) is 5.43 Å². The number of ether oxygens (including phenoxy) is 1. The zero-order valence-corrected chi connectivity index (χ0v) is 10.5. The zero-order chi connectivity index (χ0) is 12.7. The van der Waals surface area contributed by atoms with Gasteiger partial charge in [0.2, 0.25) is 5.96 Å². The summed E-state index contributed by atoms with van der Waals surface area (Å²) in [5, 5.41) is 3.09. The summed E-state index contributed by atoms with van der Waals surface area (Å²) < 4.78 is 5.36. The molecule has 1 aromatic carbocycles. The van der Waals surface area contributed by atoms with Gasteiger partial charge in [-0.15, -0.1) is 0 Å². The SMILES string of the molecule is CCOc1ccc(NC(=NC(C)C)NN)cc1. The lowest BCUT2D eigenvalue weighted by Crippen LogP contribution is -2.36. The van der Waals surface area contributed by atoms with Gasteiger partial charge in [-0.3, -0.25) is 5.43 Å². The summed E-state index contributed by atoms with van der Waals surface area (Å²) in [4.78, 5) is 4.29. The summed E-state index contributed by atoms with van der Waals surface area (Å²) in [7, 11) is 0. The van der Waals surface area contributed by atoms with E-state index in [0.29, 0.717) is 12.6 Å². The number of aliphatic imine (C=N–C) groups is 1. The first-order valence-corrected chi connectivity index (χ1v) is 5.70. The number of nitrogens with zero attached hydrogens (tertiary/aromatic N) is 1. The molecule has 5 heteroatoms. The quantitative estimate of drug-likeness (QED) is 0.322. The maximum Gasteiger partial charge on any atom is 0.210 e. The van der Waals surface area contributed by atoms with E-state index >= 15 is 0 Å². The van der Waals surface area contributed by atoms with Crippen molar-refractivity contribution in [3.63, 3.8) is 0 Å². The number of anilines is 1. The molecule has 0 fully saturated rings. The Bertz CT molecular complexity index is 359. The third-order valence-corrected chi connectivity index (χ3v) is 1.95. The van der Waals surface area contributed by atoms with Crippen LogP contribution in [-0.4, -0.2) is 18.6 Å². The highest BCUT2D eigenvalue weighted by molar-refractivity contribution is 5.93. The van der Waals surface area contributed by atoms with E-state index in [9.17, 15) is 0 Å². The molecule has 5 nitrogen and oxygen atoms in total. The average molecular weight is 236 g/mol. The summed E-state index contributed by atoms with van der Waals surface area (Å²) in [6.07, 6.45) is 0. The van der Waals surface area contributed by atoms with Gasteiger partial charge in [0.15, 0.2) is 0 Å². The third kappa shape index (κ3) is 4.74. The van der Waals surface area contributed by atoms with Crippen LogP contribution >= 0.6 is 0 Å². The largest absolute Gasteiger partial charge is 0.494 e. The minimum atomic E-state index is 0.177. The van der Waals surface area contributed by atoms with E-state index in [1.54, 1.807) is 0 Å². The predicted octanol–water partition coefficient (Wildman–Crippen LogP) is 1.72. The number of guanidine groups is 1. The number of nitrogens with one attached hydrogen (secondary N) is 2. The molecule has 0 saturated carbocycles. The van der Waals surface area contributed by atoms with Crippen LogP contribution in [0.4, 0.5) is 5.69 Å². The zero-order valence-electron chi connectivity index (χ0n) is 10.5. The number of hydrogen-bond acceptors (Lipinski definition) is 3. The highest BCUT2D eigenvalue weighted by atomic mass is 16.5. The molecule has 1 aromatic rings. The van der Waals surface area contributed by atoms with Crippen LogP contribution in [0, 0.1) is 0 Å². The van der Waals surface area contributed by atoms with Crippen molar-refractivity contribution >= 4 is 11.6 Å². The van der Waals surface area contributed by atoms with Crippen LogP contribution in [0.25, 0.3) is 0 Å². The van der Waals surface area contributed by atoms with Gasteiger partial charge in [0, 0.05) is 11.7 Å². The van der Waals surface area contributed by atoms with Crippen LogP contribution in [0.2, 0.25) is 0 Å². The molecule has 4 N–H and O–H groups in total. The minimum absolute atomic E-state index is 0.177. The lowest BCUT2D eigenvalue weighted by atomic mass is 10.3. The van der Waals surface area contributed by atoms with Gasteiger partial charge in [-0.1, -0.05) is 0 Å². The second-order valence-corrected chi connectivity index (χ2v) is 3.80. The molecule has 0 aliphatic heterocycles. The number of nitrogens with two attached hydrogens (primary N) is 1. The molecule has 94 valence electrons. The molecule has 0 atom stereocenters. The Morgan fingerprint density at radius 1 is 1.35 bits per heavy atom. The van der Waals surface area contributed by atoms with E-state index in [1.807, 2.05) is 45.0 Å². The minimum Gasteiger partial charge on any atom is -0.494 e. The van der Waals surface area contributed by atoms with Crippen molar-refractivity contribution in [2.75, 3.05) is 11.9 Å². The molecule has 0 heterocycles. The summed E-state index contributed by atoms with van der Waals surface area (Å²) in [6.45, 7) is 6.59. The van der Waals surface area contributed by atoms with E-state index in [1.165, 1.54) is 0 Å². The van der Waals surface area contributed by atoms with Crippen molar-refractivity contribution in [3.05, 3.63) is 24.3 Å². The average Bonchev–Trinajstić information content (AvgIpc) is 2.30. The molecule has 0 bridgehead atoms. The lowest BCUT2D eigenvalue weighted by Gasteiger charge is -2.11. The molecule has 17 heavy (non-hydrogen) atoms. The molecule has 0 radical (unpaired) electrons. The van der Waals surface area contributed by atoms with E-state index in [-0.39, 0.29) is 6.04 Å². The Kier molecular flexibility index (Phi) is 5.29. The van der Waals surface area contributed by atoms with Crippen molar-refractivity contribution in [2.24, 2.45) is 10.8 Å². The fraction of sp³-hybridized carbons (Fsp3) is 0.417. The summed E-state index contributed by atoms with van der Waals surface area (Å²) in [5.74, 6) is 6.77. The molecule has 0 aromatic heterocycles. The van der Waals surface area contributed by atoms with Gasteiger partial charge < -0.3 is 10.1 Å². The van der Waals surface area contributed by atoms with Gasteiger partial charge >= 0.3 is 0 Å². The van der Waals surface area contributed by atoms with Gasteiger partial charge in [0.25, 0.3) is 0 Å². The predicted molar refractivity (Wildman–Crippen MR) is 71.1 cm³/mol. The number of rotatable bonds is 4. The standard InChI is InChI=1S/C12H20N4O/c1-4-17-11-7-5-10(6-8-11)15-12(16-13)14-9(2)3/h5-9H,4,13H2,1-3H3,(H2,14,15,16). The fourth-order valence-electron chi connectivity index (χ4n) is 1.30. The summed E-state index contributed by atoms with van der Waals surface area (Å²) >= 11 is 0. The first kappa shape index (κ1) is 13.3. The number of hydrazine groups is 1. The molecular formula is C12H20N4O. The van der Waals surface area contributed by atoms with Crippen molar-refractivity contribution in [1.29, 1.82) is 0 Å². The molecule has 0 saturated heterocycles. The Labute approximate surface area is 102 Å². The molecular weight excluding hydrogens is 216 g/mol. The van der Waals surface area contributed by atoms with Crippen molar-refractivity contribution in [2.45, 2.75) is 26.8 Å². The molecule has 0 spiro atoms. The van der Waals surface area contributed by atoms with Crippen LogP contribution in [0.3, 0.4) is 0 Å². The first-order chi connectivity index (χ1) is 8.15. The van der Waals surface area contributed by atoms with Gasteiger partial charge in [0.1, 0.15) is 5.75 Å². The maximum atomic E-state index is 5.38. The van der Waals surface area contributed by atoms with Gasteiger partial charge in [0.05, 0.1) is 6.61 Å². The molecule has 0 amide bonds. The van der Waals surface area contributed by atoms with Crippen molar-refractivity contribution in [3.8, 4) is 5.75 Å². The highest BCUT2D eigenvalue weighted by Crippen LogP contribution is 2.15. The van der Waals surface area contributed by atoms with Gasteiger partial charge in [-0.25, -0.2) is 10.8 Å². The second kappa shape index (κ2) is 6.75. The van der Waals surface area contributed by atoms with Gasteiger partial charge in [-0.2, -0.15) is 0 Å². The number of hydrogen-bond donors (Lipinski definition) is 3. The Morgan fingerprint density at radius 2 is 2.00 bits per heavy atom. The van der Waals surface area contributed by atoms with E-state index in [2.05, 4.69) is 15.7 Å². The second-order valence-electron chi connectivity index (χ2n) is 3.80. The molecule has 0 aliphatic rings. The molecule has 1 rings (SSSR count). The van der Waals surface area contributed by atoms with Crippen molar-refractivity contribution < 1.29 is 4.74 Å². The normalized spacial score (nSPS) is 11.5. The fourth-order valence-corrected chi connectivity index (χ4v) is 1.30. The van der Waals surface area contributed by atoms with Crippen LogP contribution in [0.15, 0.2) is 29.3 Å². The number of benzene rings is 1. The van der Waals surface area contributed by atoms with E-state index in [4.69, 9.17) is 10.6 Å². The Hall–Kier alpha value is -1.75. The summed E-state index contributed by atoms with van der Waals surface area (Å²) in [5.41, 5.74) is 3.44. The maximum absolute atomic E-state index is 5.38. The molecule has 0 unspecified atom stereocenters. The molecule has 0 aliphatic carbocycles. The third-order valence-electron chi connectivity index (χ3n) is 1.95. The van der Waals surface area contributed by atoms with Crippen LogP contribution in [0.5, 0.6) is 5.75 Å². The van der Waals surface area contributed by atoms with Crippen LogP contribution in [-0.2, 0) is 0 Å². The van der Waals surface area contributed by atoms with E-state index < -0.39 is 0 Å². The topological polar surface area (TPSA) is 71.7 Å². The first-order valence-electron chi connectivity index (χ1n) is 5.70. The van der Waals surface area contributed by atoms with Crippen LogP contribution in [0.1, 0.15) is 20.8 Å². The van der Waals surface area contributed by atoms with Gasteiger partial charge in [-0.05, 0) is 45.0 Å². The van der Waals surface area contributed by atoms with E-state index in [0.717, 1.165) is 11.4 Å². The lowest BCUT2D eigenvalue weighted by molar-refractivity contribution is 0.340. The summed E-state index contributed by atoms with van der Waals surface area (Å²) in [6, 6.07) is 7.80.